The number of fused-ring (bicyclic) bond motifs is 1. The number of rotatable bonds is 5. The van der Waals surface area contributed by atoms with E-state index < -0.39 is 0 Å². The molecular formula is C21H23NOS. The Bertz CT molecular complexity index is 687. The summed E-state index contributed by atoms with van der Waals surface area (Å²) in [5.74, 6) is 0.581. The SMILES string of the molecule is C=C(Sc1ccccc1)[C@H]1ON(Cc2ccccc2)[C@@H]2CCC[C@H]12. The largest absolute Gasteiger partial charge is 0.289 e. The average molecular weight is 337 g/mol. The minimum Gasteiger partial charge on any atom is -0.289 e. The Morgan fingerprint density at radius 3 is 2.50 bits per heavy atom. The van der Waals surface area contributed by atoms with Gasteiger partial charge >= 0.3 is 0 Å². The van der Waals surface area contributed by atoms with Crippen molar-refractivity contribution in [2.24, 2.45) is 5.92 Å². The second kappa shape index (κ2) is 7.14. The molecule has 0 spiro atoms. The number of nitrogens with zero attached hydrogens (tertiary/aromatic N) is 1. The number of hydroxylamine groups is 2. The molecule has 1 aliphatic heterocycles. The normalized spacial score (nSPS) is 26.4. The van der Waals surface area contributed by atoms with Crippen molar-refractivity contribution in [2.45, 2.75) is 42.8 Å². The van der Waals surface area contributed by atoms with Gasteiger partial charge in [0.2, 0.25) is 0 Å². The molecule has 24 heavy (non-hydrogen) atoms. The first-order chi connectivity index (χ1) is 11.8. The van der Waals surface area contributed by atoms with E-state index in [-0.39, 0.29) is 6.10 Å². The number of hydrogen-bond acceptors (Lipinski definition) is 3. The highest BCUT2D eigenvalue weighted by Gasteiger charge is 2.46. The van der Waals surface area contributed by atoms with E-state index in [2.05, 4.69) is 66.2 Å². The van der Waals surface area contributed by atoms with Crippen LogP contribution in [0.15, 0.2) is 77.0 Å². The number of thioether (sulfide) groups is 1. The predicted molar refractivity (Wildman–Crippen MR) is 99.4 cm³/mol. The summed E-state index contributed by atoms with van der Waals surface area (Å²) < 4.78 is 0. The molecule has 3 heteroatoms. The third-order valence-electron chi connectivity index (χ3n) is 5.03. The van der Waals surface area contributed by atoms with Gasteiger partial charge in [-0.15, -0.1) is 0 Å². The smallest absolute Gasteiger partial charge is 0.114 e. The minimum atomic E-state index is 0.131. The molecule has 2 fully saturated rings. The first-order valence-electron chi connectivity index (χ1n) is 8.70. The topological polar surface area (TPSA) is 12.5 Å². The summed E-state index contributed by atoms with van der Waals surface area (Å²) in [7, 11) is 0. The van der Waals surface area contributed by atoms with Gasteiger partial charge in [0.25, 0.3) is 0 Å². The Morgan fingerprint density at radius 2 is 1.75 bits per heavy atom. The second-order valence-corrected chi connectivity index (χ2v) is 7.83. The van der Waals surface area contributed by atoms with Crippen LogP contribution in [0.3, 0.4) is 0 Å². The van der Waals surface area contributed by atoms with Crippen molar-refractivity contribution in [3.05, 3.63) is 77.7 Å². The molecular weight excluding hydrogens is 314 g/mol. The van der Waals surface area contributed by atoms with Crippen molar-refractivity contribution in [3.8, 4) is 0 Å². The fourth-order valence-electron chi connectivity index (χ4n) is 3.90. The van der Waals surface area contributed by atoms with Crippen molar-refractivity contribution < 1.29 is 4.84 Å². The molecule has 0 amide bonds. The Morgan fingerprint density at radius 1 is 1.04 bits per heavy atom. The third-order valence-corrected chi connectivity index (χ3v) is 6.03. The summed E-state index contributed by atoms with van der Waals surface area (Å²) in [4.78, 5) is 8.75. The lowest BCUT2D eigenvalue weighted by Crippen LogP contribution is -2.28. The zero-order valence-corrected chi connectivity index (χ0v) is 14.6. The first-order valence-corrected chi connectivity index (χ1v) is 9.52. The molecule has 2 aromatic rings. The van der Waals surface area contributed by atoms with Gasteiger partial charge in [0, 0.05) is 28.3 Å². The molecule has 4 rings (SSSR count). The van der Waals surface area contributed by atoms with E-state index in [1.54, 1.807) is 11.8 Å². The van der Waals surface area contributed by atoms with Crippen molar-refractivity contribution in [1.29, 1.82) is 0 Å². The average Bonchev–Trinajstić information content (AvgIpc) is 3.21. The highest BCUT2D eigenvalue weighted by atomic mass is 32.2. The van der Waals surface area contributed by atoms with E-state index in [0.29, 0.717) is 12.0 Å². The molecule has 1 saturated heterocycles. The monoisotopic (exact) mass is 337 g/mol. The van der Waals surface area contributed by atoms with Crippen LogP contribution >= 0.6 is 11.8 Å². The summed E-state index contributed by atoms with van der Waals surface area (Å²) in [6.45, 7) is 5.21. The van der Waals surface area contributed by atoms with E-state index in [1.165, 1.54) is 29.7 Å². The lowest BCUT2D eigenvalue weighted by Gasteiger charge is -2.21. The molecule has 1 aliphatic carbocycles. The van der Waals surface area contributed by atoms with Crippen LogP contribution in [0, 0.1) is 5.92 Å². The van der Waals surface area contributed by atoms with E-state index in [4.69, 9.17) is 4.84 Å². The molecule has 0 bridgehead atoms. The molecule has 2 nitrogen and oxygen atoms in total. The van der Waals surface area contributed by atoms with Crippen LogP contribution in [-0.4, -0.2) is 17.2 Å². The zero-order valence-electron chi connectivity index (χ0n) is 13.8. The Balaban J connectivity index is 1.47. The molecule has 0 unspecified atom stereocenters. The molecule has 0 N–H and O–H groups in total. The number of hydrogen-bond donors (Lipinski definition) is 0. The van der Waals surface area contributed by atoms with E-state index in [1.807, 2.05) is 6.07 Å². The molecule has 2 aromatic carbocycles. The molecule has 0 radical (unpaired) electrons. The summed E-state index contributed by atoms with van der Waals surface area (Å²) in [5.41, 5.74) is 1.31. The lowest BCUT2D eigenvalue weighted by molar-refractivity contribution is -0.160. The summed E-state index contributed by atoms with van der Waals surface area (Å²) in [6.07, 6.45) is 3.90. The maximum absolute atomic E-state index is 6.38. The van der Waals surface area contributed by atoms with Crippen LogP contribution in [0.2, 0.25) is 0 Å². The minimum absolute atomic E-state index is 0.131. The zero-order chi connectivity index (χ0) is 16.4. The summed E-state index contributed by atoms with van der Waals surface area (Å²) in [5, 5.41) is 2.22. The van der Waals surface area contributed by atoms with Gasteiger partial charge in [-0.05, 0) is 30.5 Å². The van der Waals surface area contributed by atoms with E-state index in [9.17, 15) is 0 Å². The van der Waals surface area contributed by atoms with Gasteiger partial charge in [-0.25, -0.2) is 0 Å². The van der Waals surface area contributed by atoms with Gasteiger partial charge in [0.1, 0.15) is 6.10 Å². The maximum atomic E-state index is 6.38. The molecule has 3 atom stereocenters. The quantitative estimate of drug-likeness (QED) is 0.689. The van der Waals surface area contributed by atoms with Gasteiger partial charge in [-0.1, -0.05) is 73.3 Å². The van der Waals surface area contributed by atoms with Gasteiger partial charge < -0.3 is 0 Å². The molecule has 1 saturated carbocycles. The van der Waals surface area contributed by atoms with Gasteiger partial charge in [-0.2, -0.15) is 5.06 Å². The highest BCUT2D eigenvalue weighted by Crippen LogP contribution is 2.45. The molecule has 1 heterocycles. The maximum Gasteiger partial charge on any atom is 0.114 e. The Hall–Kier alpha value is -1.55. The summed E-state index contributed by atoms with van der Waals surface area (Å²) >= 11 is 1.75. The molecule has 124 valence electrons. The van der Waals surface area contributed by atoms with Crippen molar-refractivity contribution in [2.75, 3.05) is 0 Å². The third kappa shape index (κ3) is 3.30. The van der Waals surface area contributed by atoms with Crippen molar-refractivity contribution >= 4 is 11.8 Å². The van der Waals surface area contributed by atoms with Crippen LogP contribution in [0.5, 0.6) is 0 Å². The van der Waals surface area contributed by atoms with Crippen LogP contribution < -0.4 is 0 Å². The standard InChI is InChI=1S/C21H23NOS/c1-16(24-18-11-6-3-7-12-18)21-19-13-8-14-20(19)22(23-21)15-17-9-4-2-5-10-17/h2-7,9-12,19-21H,1,8,13-15H2/t19-,20+,21+/m0/s1. The van der Waals surface area contributed by atoms with Gasteiger partial charge in [0.15, 0.2) is 0 Å². The van der Waals surface area contributed by atoms with Crippen LogP contribution in [-0.2, 0) is 11.4 Å². The fraction of sp³-hybridized carbons (Fsp3) is 0.333. The van der Waals surface area contributed by atoms with Gasteiger partial charge in [0.05, 0.1) is 0 Å². The Labute approximate surface area is 148 Å². The molecule has 0 aromatic heterocycles. The van der Waals surface area contributed by atoms with Crippen molar-refractivity contribution in [1.82, 2.24) is 5.06 Å². The Kier molecular flexibility index (Phi) is 4.74. The van der Waals surface area contributed by atoms with E-state index in [0.717, 1.165) is 11.4 Å². The van der Waals surface area contributed by atoms with Crippen LogP contribution in [0.1, 0.15) is 24.8 Å². The fourth-order valence-corrected chi connectivity index (χ4v) is 4.83. The van der Waals surface area contributed by atoms with Crippen LogP contribution in [0.4, 0.5) is 0 Å². The van der Waals surface area contributed by atoms with Crippen LogP contribution in [0.25, 0.3) is 0 Å². The van der Waals surface area contributed by atoms with E-state index >= 15 is 0 Å². The second-order valence-electron chi connectivity index (χ2n) is 6.63. The van der Waals surface area contributed by atoms with Gasteiger partial charge in [-0.3, -0.25) is 4.84 Å². The highest BCUT2D eigenvalue weighted by molar-refractivity contribution is 8.03. The predicted octanol–water partition coefficient (Wildman–Crippen LogP) is 5.28. The first kappa shape index (κ1) is 15.9. The lowest BCUT2D eigenvalue weighted by atomic mass is 9.98. The molecule has 2 aliphatic rings. The number of benzene rings is 2. The van der Waals surface area contributed by atoms with Crippen molar-refractivity contribution in [3.63, 3.8) is 0 Å². The summed E-state index contributed by atoms with van der Waals surface area (Å²) in [6, 6.07) is 21.6.